The average Bonchev–Trinajstić information content (AvgIpc) is 2.27. The number of carbonyl (C=O) groups is 2. The van der Waals surface area contributed by atoms with Crippen molar-refractivity contribution in [3.05, 3.63) is 0 Å². The van der Waals surface area contributed by atoms with E-state index in [9.17, 15) is 14.2 Å². The summed E-state index contributed by atoms with van der Waals surface area (Å²) in [6, 6.07) is 0. The van der Waals surface area contributed by atoms with Crippen molar-refractivity contribution >= 4 is 19.3 Å². The van der Waals surface area contributed by atoms with Crippen LogP contribution in [0.5, 0.6) is 0 Å². The molecule has 0 heterocycles. The van der Waals surface area contributed by atoms with Gasteiger partial charge in [0.25, 0.3) is 0 Å². The van der Waals surface area contributed by atoms with Crippen LogP contribution in [0.3, 0.4) is 0 Å². The van der Waals surface area contributed by atoms with Crippen LogP contribution in [-0.2, 0) is 23.2 Å². The van der Waals surface area contributed by atoms with E-state index < -0.39 is 13.6 Å². The highest BCUT2D eigenvalue weighted by molar-refractivity contribution is 7.53. The summed E-state index contributed by atoms with van der Waals surface area (Å²) in [5.74, 6) is -1.27. The number of hydrogen-bond acceptors (Lipinski definition) is 6. The molecule has 0 atom stereocenters. The fourth-order valence-corrected chi connectivity index (χ4v) is 2.62. The van der Waals surface area contributed by atoms with Gasteiger partial charge in [0.2, 0.25) is 0 Å². The van der Waals surface area contributed by atoms with Crippen molar-refractivity contribution in [3.63, 3.8) is 0 Å². The van der Waals surface area contributed by atoms with Gasteiger partial charge in [-0.3, -0.25) is 19.5 Å². The van der Waals surface area contributed by atoms with Gasteiger partial charge in [-0.05, 0) is 13.8 Å². The van der Waals surface area contributed by atoms with Crippen molar-refractivity contribution in [1.82, 2.24) is 5.32 Å². The van der Waals surface area contributed by atoms with E-state index in [4.69, 9.17) is 14.2 Å². The standard InChI is InChI=1S/C10H20NO6P/c1-3-16-18(15,17-4-2)8-11-7-9(12)5-6-10(13)14/h11H,3-8H2,1-2H3,(H,13,14). The highest BCUT2D eigenvalue weighted by atomic mass is 31.2. The lowest BCUT2D eigenvalue weighted by atomic mass is 10.2. The summed E-state index contributed by atoms with van der Waals surface area (Å²) < 4.78 is 22.0. The van der Waals surface area contributed by atoms with Crippen molar-refractivity contribution in [3.8, 4) is 0 Å². The number of nitrogens with one attached hydrogen (secondary N) is 1. The molecule has 0 aromatic rings. The van der Waals surface area contributed by atoms with Crippen LogP contribution < -0.4 is 5.32 Å². The molecule has 106 valence electrons. The Morgan fingerprint density at radius 1 is 1.17 bits per heavy atom. The van der Waals surface area contributed by atoms with Gasteiger partial charge in [-0.1, -0.05) is 0 Å². The minimum atomic E-state index is -3.19. The first-order valence-electron chi connectivity index (χ1n) is 5.76. The maximum Gasteiger partial charge on any atom is 0.344 e. The van der Waals surface area contributed by atoms with Crippen molar-refractivity contribution < 1.29 is 28.3 Å². The summed E-state index contributed by atoms with van der Waals surface area (Å²) >= 11 is 0. The SMILES string of the molecule is CCOP(=O)(CNCC(=O)CCC(=O)O)OCC. The van der Waals surface area contributed by atoms with Gasteiger partial charge in [0.15, 0.2) is 0 Å². The monoisotopic (exact) mass is 281 g/mol. The molecular weight excluding hydrogens is 261 g/mol. The van der Waals surface area contributed by atoms with Crippen LogP contribution in [0.15, 0.2) is 0 Å². The quantitative estimate of drug-likeness (QED) is 0.549. The number of aliphatic carboxylic acids is 1. The van der Waals surface area contributed by atoms with Crippen LogP contribution in [0.1, 0.15) is 26.7 Å². The molecule has 0 aliphatic carbocycles. The summed E-state index contributed by atoms with van der Waals surface area (Å²) in [6.07, 6.45) is -0.307. The zero-order chi connectivity index (χ0) is 14.0. The molecule has 0 amide bonds. The summed E-state index contributed by atoms with van der Waals surface area (Å²) in [5, 5.41) is 11.1. The van der Waals surface area contributed by atoms with Crippen LogP contribution in [0.25, 0.3) is 0 Å². The predicted molar refractivity (Wildman–Crippen MR) is 65.6 cm³/mol. The Morgan fingerprint density at radius 3 is 2.17 bits per heavy atom. The van der Waals surface area contributed by atoms with Gasteiger partial charge in [-0.2, -0.15) is 0 Å². The molecule has 0 rings (SSSR count). The predicted octanol–water partition coefficient (Wildman–Crippen LogP) is 1.23. The van der Waals surface area contributed by atoms with Crippen molar-refractivity contribution in [2.75, 3.05) is 26.0 Å². The second kappa shape index (κ2) is 9.22. The van der Waals surface area contributed by atoms with E-state index in [0.717, 1.165) is 0 Å². The van der Waals surface area contributed by atoms with Gasteiger partial charge < -0.3 is 14.2 Å². The minimum Gasteiger partial charge on any atom is -0.481 e. The first-order valence-corrected chi connectivity index (χ1v) is 7.48. The Kier molecular flexibility index (Phi) is 8.83. The first-order chi connectivity index (χ1) is 8.43. The molecule has 0 aliphatic heterocycles. The van der Waals surface area contributed by atoms with Crippen LogP contribution >= 0.6 is 7.60 Å². The molecule has 0 fully saturated rings. The third-order valence-corrected chi connectivity index (χ3v) is 3.81. The Hall–Kier alpha value is -0.750. The molecule has 0 spiro atoms. The van der Waals surface area contributed by atoms with Crippen molar-refractivity contribution in [1.29, 1.82) is 0 Å². The average molecular weight is 281 g/mol. The fraction of sp³-hybridized carbons (Fsp3) is 0.800. The first kappa shape index (κ1) is 17.2. The van der Waals surface area contributed by atoms with E-state index in [0.29, 0.717) is 0 Å². The highest BCUT2D eigenvalue weighted by Crippen LogP contribution is 2.46. The lowest BCUT2D eigenvalue weighted by Gasteiger charge is -2.17. The zero-order valence-corrected chi connectivity index (χ0v) is 11.6. The van der Waals surface area contributed by atoms with Crippen LogP contribution in [0, 0.1) is 0 Å². The number of ketones is 1. The Morgan fingerprint density at radius 2 is 1.72 bits per heavy atom. The second-order valence-electron chi connectivity index (χ2n) is 3.46. The third kappa shape index (κ3) is 8.36. The Bertz CT molecular complexity index is 309. The van der Waals surface area contributed by atoms with E-state index in [1.165, 1.54) is 0 Å². The molecule has 0 aromatic heterocycles. The lowest BCUT2D eigenvalue weighted by molar-refractivity contribution is -0.138. The number of carboxylic acid groups (broad SMARTS) is 1. The summed E-state index contributed by atoms with van der Waals surface area (Å²) in [5.41, 5.74) is 0. The van der Waals surface area contributed by atoms with E-state index in [1.54, 1.807) is 13.8 Å². The molecule has 0 unspecified atom stereocenters. The van der Waals surface area contributed by atoms with Crippen LogP contribution in [-0.4, -0.2) is 42.9 Å². The molecule has 0 bridgehead atoms. The maximum atomic E-state index is 11.9. The molecular formula is C10H20NO6P. The Balaban J connectivity index is 3.95. The number of hydrogen-bond donors (Lipinski definition) is 2. The zero-order valence-electron chi connectivity index (χ0n) is 10.7. The molecule has 0 saturated carbocycles. The summed E-state index contributed by atoms with van der Waals surface area (Å²) in [6.45, 7) is 3.86. The van der Waals surface area contributed by atoms with Gasteiger partial charge in [0.1, 0.15) is 5.78 Å². The van der Waals surface area contributed by atoms with Gasteiger partial charge in [0.05, 0.1) is 32.5 Å². The van der Waals surface area contributed by atoms with Gasteiger partial charge in [-0.25, -0.2) is 0 Å². The molecule has 8 heteroatoms. The highest BCUT2D eigenvalue weighted by Gasteiger charge is 2.23. The van der Waals surface area contributed by atoms with E-state index in [1.807, 2.05) is 0 Å². The minimum absolute atomic E-state index is 0.0442. The molecule has 0 radical (unpaired) electrons. The molecule has 0 aromatic carbocycles. The van der Waals surface area contributed by atoms with Crippen LogP contribution in [0.4, 0.5) is 0 Å². The summed E-state index contributed by atoms with van der Waals surface area (Å²) in [4.78, 5) is 21.5. The number of rotatable bonds is 11. The number of carbonyl (C=O) groups excluding carboxylic acids is 1. The molecule has 0 aliphatic rings. The normalized spacial score (nSPS) is 11.4. The number of Topliss-reactive ketones (excluding diaryl/α,β-unsaturated/α-hetero) is 1. The summed E-state index contributed by atoms with van der Waals surface area (Å²) in [7, 11) is -3.19. The van der Waals surface area contributed by atoms with Crippen molar-refractivity contribution in [2.45, 2.75) is 26.7 Å². The van der Waals surface area contributed by atoms with Crippen LogP contribution in [0.2, 0.25) is 0 Å². The molecule has 18 heavy (non-hydrogen) atoms. The van der Waals surface area contributed by atoms with E-state index in [2.05, 4.69) is 5.32 Å². The maximum absolute atomic E-state index is 11.9. The van der Waals surface area contributed by atoms with Gasteiger partial charge >= 0.3 is 13.6 Å². The topological polar surface area (TPSA) is 102 Å². The largest absolute Gasteiger partial charge is 0.481 e. The second-order valence-corrected chi connectivity index (χ2v) is 5.52. The van der Waals surface area contributed by atoms with E-state index in [-0.39, 0.29) is 44.7 Å². The molecule has 2 N–H and O–H groups in total. The van der Waals surface area contributed by atoms with Crippen molar-refractivity contribution in [2.24, 2.45) is 0 Å². The van der Waals surface area contributed by atoms with E-state index >= 15 is 0 Å². The van der Waals surface area contributed by atoms with Gasteiger partial charge in [0, 0.05) is 6.42 Å². The molecule has 0 saturated heterocycles. The lowest BCUT2D eigenvalue weighted by Crippen LogP contribution is -2.25. The third-order valence-electron chi connectivity index (χ3n) is 1.90. The number of carboxylic acids is 1. The van der Waals surface area contributed by atoms with Gasteiger partial charge in [-0.15, -0.1) is 0 Å². The smallest absolute Gasteiger partial charge is 0.344 e. The Labute approximate surface area is 106 Å². The molecule has 7 nitrogen and oxygen atoms in total. The fourth-order valence-electron chi connectivity index (χ4n) is 1.19.